The van der Waals surface area contributed by atoms with Gasteiger partial charge in [0, 0.05) is 6.04 Å². The predicted octanol–water partition coefficient (Wildman–Crippen LogP) is 2.66. The quantitative estimate of drug-likeness (QED) is 0.774. The van der Waals surface area contributed by atoms with E-state index < -0.39 is 0 Å². The van der Waals surface area contributed by atoms with Gasteiger partial charge in [-0.1, -0.05) is 29.8 Å². The van der Waals surface area contributed by atoms with Gasteiger partial charge in [-0.3, -0.25) is 0 Å². The zero-order chi connectivity index (χ0) is 9.97. The van der Waals surface area contributed by atoms with Crippen LogP contribution < -0.4 is 5.73 Å². The van der Waals surface area contributed by atoms with Crippen LogP contribution in [0.3, 0.4) is 0 Å². The van der Waals surface area contributed by atoms with Crippen molar-refractivity contribution in [3.8, 4) is 0 Å². The van der Waals surface area contributed by atoms with Gasteiger partial charge < -0.3 is 5.73 Å². The molecule has 1 atom stereocenters. The summed E-state index contributed by atoms with van der Waals surface area (Å²) >= 11 is 0. The van der Waals surface area contributed by atoms with Gasteiger partial charge in [-0.2, -0.15) is 0 Å². The van der Waals surface area contributed by atoms with E-state index in [9.17, 15) is 0 Å². The summed E-state index contributed by atoms with van der Waals surface area (Å²) in [6.45, 7) is 2.12. The van der Waals surface area contributed by atoms with Gasteiger partial charge in [-0.15, -0.1) is 0 Å². The average molecular weight is 189 g/mol. The van der Waals surface area contributed by atoms with E-state index in [1.807, 2.05) is 0 Å². The molecular weight excluding hydrogens is 170 g/mol. The first-order valence-corrected chi connectivity index (χ1v) is 5.57. The van der Waals surface area contributed by atoms with Crippen molar-refractivity contribution in [3.05, 3.63) is 35.4 Å². The van der Waals surface area contributed by atoms with Crippen molar-refractivity contribution in [1.29, 1.82) is 0 Å². The minimum atomic E-state index is 0.441. The van der Waals surface area contributed by atoms with E-state index >= 15 is 0 Å². The molecule has 0 saturated heterocycles. The fourth-order valence-corrected chi connectivity index (χ4v) is 1.85. The minimum Gasteiger partial charge on any atom is -0.327 e. The first-order chi connectivity index (χ1) is 6.75. The summed E-state index contributed by atoms with van der Waals surface area (Å²) in [4.78, 5) is 0. The molecule has 76 valence electrons. The first kappa shape index (κ1) is 9.72. The Balaban J connectivity index is 1.82. The molecule has 0 aromatic heterocycles. The van der Waals surface area contributed by atoms with Crippen LogP contribution >= 0.6 is 0 Å². The minimum absolute atomic E-state index is 0.441. The fourth-order valence-electron chi connectivity index (χ4n) is 1.85. The molecular formula is C13H19N. The molecule has 1 aromatic rings. The van der Waals surface area contributed by atoms with Crippen LogP contribution in [0, 0.1) is 12.8 Å². The Hall–Kier alpha value is -0.820. The van der Waals surface area contributed by atoms with E-state index in [2.05, 4.69) is 31.2 Å². The lowest BCUT2D eigenvalue weighted by molar-refractivity contribution is 0.550. The van der Waals surface area contributed by atoms with E-state index in [0.717, 1.165) is 18.8 Å². The average Bonchev–Trinajstić information content (AvgIpc) is 3.00. The molecule has 1 nitrogen and oxygen atoms in total. The van der Waals surface area contributed by atoms with E-state index in [1.54, 1.807) is 0 Å². The maximum atomic E-state index is 6.06. The van der Waals surface area contributed by atoms with Crippen LogP contribution in [0.15, 0.2) is 24.3 Å². The number of hydrogen-bond acceptors (Lipinski definition) is 1. The molecule has 0 spiro atoms. The normalized spacial score (nSPS) is 18.1. The number of aryl methyl sites for hydroxylation is 2. The lowest BCUT2D eigenvalue weighted by Crippen LogP contribution is -2.22. The highest BCUT2D eigenvalue weighted by Crippen LogP contribution is 2.33. The van der Waals surface area contributed by atoms with Gasteiger partial charge in [-0.25, -0.2) is 0 Å². The van der Waals surface area contributed by atoms with E-state index in [1.165, 1.54) is 24.0 Å². The summed E-state index contributed by atoms with van der Waals surface area (Å²) < 4.78 is 0. The summed E-state index contributed by atoms with van der Waals surface area (Å²) in [7, 11) is 0. The maximum absolute atomic E-state index is 6.06. The van der Waals surface area contributed by atoms with Crippen LogP contribution in [-0.2, 0) is 6.42 Å². The smallest absolute Gasteiger partial charge is 0.00703 e. The summed E-state index contributed by atoms with van der Waals surface area (Å²) in [6, 6.07) is 9.23. The fraction of sp³-hybridized carbons (Fsp3) is 0.538. The standard InChI is InChI=1S/C13H19N/c1-10-2-4-11(5-3-10)6-9-13(14)12-7-8-12/h2-5,12-13H,6-9,14H2,1H3. The lowest BCUT2D eigenvalue weighted by atomic mass is 10.0. The van der Waals surface area contributed by atoms with Crippen molar-refractivity contribution in [2.45, 2.75) is 38.6 Å². The van der Waals surface area contributed by atoms with Crippen LogP contribution in [0.1, 0.15) is 30.4 Å². The Morgan fingerprint density at radius 3 is 2.50 bits per heavy atom. The van der Waals surface area contributed by atoms with Gasteiger partial charge in [0.05, 0.1) is 0 Å². The van der Waals surface area contributed by atoms with Gasteiger partial charge in [0.2, 0.25) is 0 Å². The molecule has 0 bridgehead atoms. The molecule has 14 heavy (non-hydrogen) atoms. The van der Waals surface area contributed by atoms with Crippen molar-refractivity contribution >= 4 is 0 Å². The first-order valence-electron chi connectivity index (χ1n) is 5.57. The van der Waals surface area contributed by atoms with Crippen molar-refractivity contribution in [2.24, 2.45) is 11.7 Å². The third-order valence-electron chi connectivity index (χ3n) is 3.11. The largest absolute Gasteiger partial charge is 0.327 e. The molecule has 0 amide bonds. The van der Waals surface area contributed by atoms with Crippen molar-refractivity contribution in [1.82, 2.24) is 0 Å². The second-order valence-electron chi connectivity index (χ2n) is 4.53. The molecule has 1 heteroatoms. The van der Waals surface area contributed by atoms with Gasteiger partial charge in [0.25, 0.3) is 0 Å². The van der Waals surface area contributed by atoms with E-state index in [0.29, 0.717) is 6.04 Å². The highest BCUT2D eigenvalue weighted by molar-refractivity contribution is 5.21. The summed E-state index contributed by atoms with van der Waals surface area (Å²) in [5.41, 5.74) is 8.81. The molecule has 2 rings (SSSR count). The van der Waals surface area contributed by atoms with Crippen LogP contribution in [0.2, 0.25) is 0 Å². The molecule has 0 aliphatic heterocycles. The second kappa shape index (κ2) is 4.14. The van der Waals surface area contributed by atoms with Crippen LogP contribution in [0.4, 0.5) is 0 Å². The molecule has 1 saturated carbocycles. The van der Waals surface area contributed by atoms with Crippen LogP contribution in [0.5, 0.6) is 0 Å². The topological polar surface area (TPSA) is 26.0 Å². The summed E-state index contributed by atoms with van der Waals surface area (Å²) in [5, 5.41) is 0. The predicted molar refractivity (Wildman–Crippen MR) is 60.2 cm³/mol. The zero-order valence-electron chi connectivity index (χ0n) is 8.87. The van der Waals surface area contributed by atoms with E-state index in [-0.39, 0.29) is 0 Å². The van der Waals surface area contributed by atoms with E-state index in [4.69, 9.17) is 5.73 Å². The number of rotatable bonds is 4. The Bertz CT molecular complexity index is 285. The Kier molecular flexibility index (Phi) is 2.87. The molecule has 1 aliphatic carbocycles. The second-order valence-corrected chi connectivity index (χ2v) is 4.53. The molecule has 1 unspecified atom stereocenters. The molecule has 1 fully saturated rings. The maximum Gasteiger partial charge on any atom is 0.00703 e. The zero-order valence-corrected chi connectivity index (χ0v) is 8.87. The van der Waals surface area contributed by atoms with Crippen LogP contribution in [0.25, 0.3) is 0 Å². The van der Waals surface area contributed by atoms with Gasteiger partial charge in [0.1, 0.15) is 0 Å². The monoisotopic (exact) mass is 189 g/mol. The number of nitrogens with two attached hydrogens (primary N) is 1. The molecule has 2 N–H and O–H groups in total. The molecule has 0 heterocycles. The summed E-state index contributed by atoms with van der Waals surface area (Å²) in [5.74, 6) is 0.834. The molecule has 1 aromatic carbocycles. The number of benzene rings is 1. The van der Waals surface area contributed by atoms with Crippen molar-refractivity contribution < 1.29 is 0 Å². The number of hydrogen-bond donors (Lipinski definition) is 1. The molecule has 0 radical (unpaired) electrons. The highest BCUT2D eigenvalue weighted by Gasteiger charge is 2.27. The third-order valence-corrected chi connectivity index (χ3v) is 3.11. The van der Waals surface area contributed by atoms with Crippen molar-refractivity contribution in [2.75, 3.05) is 0 Å². The van der Waals surface area contributed by atoms with Crippen LogP contribution in [-0.4, -0.2) is 6.04 Å². The highest BCUT2D eigenvalue weighted by atomic mass is 14.7. The van der Waals surface area contributed by atoms with Crippen molar-refractivity contribution in [3.63, 3.8) is 0 Å². The Labute approximate surface area is 86.3 Å². The van der Waals surface area contributed by atoms with Gasteiger partial charge >= 0.3 is 0 Å². The van der Waals surface area contributed by atoms with Gasteiger partial charge in [-0.05, 0) is 44.1 Å². The Morgan fingerprint density at radius 1 is 1.29 bits per heavy atom. The third kappa shape index (κ3) is 2.58. The molecule has 1 aliphatic rings. The lowest BCUT2D eigenvalue weighted by Gasteiger charge is -2.09. The summed E-state index contributed by atoms with van der Waals surface area (Å²) in [6.07, 6.45) is 5.00. The Morgan fingerprint density at radius 2 is 1.93 bits per heavy atom. The SMILES string of the molecule is Cc1ccc(CCC(N)C2CC2)cc1. The van der Waals surface area contributed by atoms with Gasteiger partial charge in [0.15, 0.2) is 0 Å².